The van der Waals surface area contributed by atoms with Crippen molar-refractivity contribution in [1.82, 2.24) is 4.98 Å². The molecule has 11 heavy (non-hydrogen) atoms. The molecule has 1 aromatic rings. The molecule has 0 saturated heterocycles. The molecule has 0 atom stereocenters. The Morgan fingerprint density at radius 2 is 2.27 bits per heavy atom. The van der Waals surface area contributed by atoms with Crippen molar-refractivity contribution in [1.29, 1.82) is 0 Å². The molecule has 0 spiro atoms. The summed E-state index contributed by atoms with van der Waals surface area (Å²) >= 11 is 11.1. The lowest BCUT2D eigenvalue weighted by Gasteiger charge is -1.97. The van der Waals surface area contributed by atoms with Crippen molar-refractivity contribution < 1.29 is 0 Å². The molecule has 6 heteroatoms. The molecule has 58 valence electrons. The summed E-state index contributed by atoms with van der Waals surface area (Å²) in [5.41, 5.74) is 2.07. The summed E-state index contributed by atoms with van der Waals surface area (Å²) in [5.74, 6) is 0.200. The standard InChI is InChI=1S/C5H3Cl2N3O/c6-3-1-4(7)5(8-2-3)9-10-11/h1-2H,(H,8,9,11). The highest BCUT2D eigenvalue weighted by molar-refractivity contribution is 6.35. The normalized spacial score (nSPS) is 9.27. The van der Waals surface area contributed by atoms with Crippen LogP contribution in [0.15, 0.2) is 17.5 Å². The lowest BCUT2D eigenvalue weighted by Crippen LogP contribution is -1.90. The first-order valence-electron chi connectivity index (χ1n) is 2.63. The maximum atomic E-state index is 9.72. The van der Waals surface area contributed by atoms with Gasteiger partial charge in [-0.2, -0.15) is 0 Å². The fraction of sp³-hybridized carbons (Fsp3) is 0. The number of rotatable bonds is 2. The topological polar surface area (TPSA) is 54.4 Å². The van der Waals surface area contributed by atoms with Gasteiger partial charge in [0.2, 0.25) is 0 Å². The molecule has 0 bridgehead atoms. The van der Waals surface area contributed by atoms with Crippen LogP contribution in [0.3, 0.4) is 0 Å². The van der Waals surface area contributed by atoms with Gasteiger partial charge in [0.15, 0.2) is 5.82 Å². The zero-order valence-corrected chi connectivity index (χ0v) is 6.73. The van der Waals surface area contributed by atoms with Crippen LogP contribution in [0.2, 0.25) is 10.0 Å². The summed E-state index contributed by atoms with van der Waals surface area (Å²) in [5, 5.41) is 3.08. The Morgan fingerprint density at radius 1 is 1.55 bits per heavy atom. The van der Waals surface area contributed by atoms with Crippen molar-refractivity contribution in [2.75, 3.05) is 5.43 Å². The molecule has 0 aliphatic carbocycles. The summed E-state index contributed by atoms with van der Waals surface area (Å²) < 4.78 is 0. The smallest absolute Gasteiger partial charge is 0.167 e. The number of nitrogens with one attached hydrogen (secondary N) is 1. The van der Waals surface area contributed by atoms with Gasteiger partial charge in [0.25, 0.3) is 0 Å². The monoisotopic (exact) mass is 191 g/mol. The fourth-order valence-corrected chi connectivity index (χ4v) is 0.962. The van der Waals surface area contributed by atoms with Crippen LogP contribution in [0.4, 0.5) is 5.82 Å². The summed E-state index contributed by atoms with van der Waals surface area (Å²) in [6, 6.07) is 1.46. The second-order valence-electron chi connectivity index (χ2n) is 1.69. The third-order valence-corrected chi connectivity index (χ3v) is 1.45. The van der Waals surface area contributed by atoms with Gasteiger partial charge in [0.1, 0.15) is 0 Å². The number of hydrogen-bond acceptors (Lipinski definition) is 3. The van der Waals surface area contributed by atoms with E-state index in [1.807, 2.05) is 0 Å². The number of pyridine rings is 1. The first-order valence-corrected chi connectivity index (χ1v) is 3.39. The van der Waals surface area contributed by atoms with Crippen LogP contribution in [-0.2, 0) is 0 Å². The predicted octanol–water partition coefficient (Wildman–Crippen LogP) is 2.48. The first-order chi connectivity index (χ1) is 5.24. The number of halogens is 2. The molecule has 0 aliphatic heterocycles. The third kappa shape index (κ3) is 2.03. The Kier molecular flexibility index (Phi) is 2.62. The van der Waals surface area contributed by atoms with E-state index < -0.39 is 0 Å². The van der Waals surface area contributed by atoms with E-state index in [1.54, 1.807) is 0 Å². The molecule has 1 aromatic heterocycles. The van der Waals surface area contributed by atoms with Crippen molar-refractivity contribution in [3.63, 3.8) is 0 Å². The zero-order valence-electron chi connectivity index (χ0n) is 5.21. The molecule has 0 radical (unpaired) electrons. The maximum Gasteiger partial charge on any atom is 0.167 e. The summed E-state index contributed by atoms with van der Waals surface area (Å²) in [6.45, 7) is 0. The van der Waals surface area contributed by atoms with E-state index in [0.717, 1.165) is 0 Å². The number of anilines is 1. The lowest BCUT2D eigenvalue weighted by molar-refractivity contribution is 1.21. The highest BCUT2D eigenvalue weighted by Gasteiger charge is 2.00. The van der Waals surface area contributed by atoms with Gasteiger partial charge in [-0.1, -0.05) is 23.2 Å². The Labute approximate surface area is 72.5 Å². The zero-order chi connectivity index (χ0) is 8.27. The van der Waals surface area contributed by atoms with Crippen LogP contribution >= 0.6 is 23.2 Å². The Balaban J connectivity index is 2.98. The molecule has 4 nitrogen and oxygen atoms in total. The average molecular weight is 192 g/mol. The van der Waals surface area contributed by atoms with Crippen molar-refractivity contribution in [3.05, 3.63) is 27.2 Å². The molecule has 0 unspecified atom stereocenters. The second-order valence-corrected chi connectivity index (χ2v) is 2.53. The van der Waals surface area contributed by atoms with E-state index in [-0.39, 0.29) is 10.8 Å². The van der Waals surface area contributed by atoms with E-state index in [9.17, 15) is 4.91 Å². The van der Waals surface area contributed by atoms with Gasteiger partial charge >= 0.3 is 0 Å². The molecule has 0 aromatic carbocycles. The van der Waals surface area contributed by atoms with Crippen molar-refractivity contribution in [2.45, 2.75) is 0 Å². The number of hydrogen-bond donors (Lipinski definition) is 1. The minimum absolute atomic E-state index is 0.200. The highest BCUT2D eigenvalue weighted by Crippen LogP contribution is 2.21. The van der Waals surface area contributed by atoms with Crippen molar-refractivity contribution in [2.24, 2.45) is 5.29 Å². The SMILES string of the molecule is O=NNc1ncc(Cl)cc1Cl. The Hall–Kier alpha value is -0.870. The third-order valence-electron chi connectivity index (χ3n) is 0.959. The lowest BCUT2D eigenvalue weighted by atomic mass is 10.5. The number of nitroso groups, excluding NO2 is 1. The second kappa shape index (κ2) is 3.50. The highest BCUT2D eigenvalue weighted by atomic mass is 35.5. The van der Waals surface area contributed by atoms with Crippen LogP contribution in [0.1, 0.15) is 0 Å². The van der Waals surface area contributed by atoms with Crippen molar-refractivity contribution in [3.8, 4) is 0 Å². The average Bonchev–Trinajstić information content (AvgIpc) is 1.95. The molecule has 0 amide bonds. The minimum Gasteiger partial charge on any atom is -0.235 e. The molecule has 0 saturated carbocycles. The van der Waals surface area contributed by atoms with E-state index in [4.69, 9.17) is 23.2 Å². The van der Waals surface area contributed by atoms with Crippen molar-refractivity contribution >= 4 is 29.0 Å². The van der Waals surface area contributed by atoms with Gasteiger partial charge in [0.05, 0.1) is 15.3 Å². The molecule has 1 N–H and O–H groups in total. The molecule has 0 aliphatic rings. The van der Waals surface area contributed by atoms with Gasteiger partial charge in [-0.25, -0.2) is 10.4 Å². The summed E-state index contributed by atoms with van der Waals surface area (Å²) in [7, 11) is 0. The largest absolute Gasteiger partial charge is 0.235 e. The molecular weight excluding hydrogens is 189 g/mol. The number of nitrogens with zero attached hydrogens (tertiary/aromatic N) is 2. The van der Waals surface area contributed by atoms with E-state index in [1.165, 1.54) is 12.3 Å². The first kappa shape index (κ1) is 8.23. The van der Waals surface area contributed by atoms with Crippen LogP contribution < -0.4 is 5.43 Å². The molecule has 1 heterocycles. The maximum absolute atomic E-state index is 9.72. The molecular formula is C5H3Cl2N3O. The van der Waals surface area contributed by atoms with Gasteiger partial charge < -0.3 is 0 Å². The van der Waals surface area contributed by atoms with Crippen LogP contribution in [0.25, 0.3) is 0 Å². The summed E-state index contributed by atoms with van der Waals surface area (Å²) in [6.07, 6.45) is 1.36. The minimum atomic E-state index is 0.200. The quantitative estimate of drug-likeness (QED) is 0.578. The van der Waals surface area contributed by atoms with E-state index >= 15 is 0 Å². The predicted molar refractivity (Wildman–Crippen MR) is 43.7 cm³/mol. The van der Waals surface area contributed by atoms with Gasteiger partial charge in [-0.05, 0) is 6.07 Å². The van der Waals surface area contributed by atoms with Gasteiger partial charge in [0, 0.05) is 6.20 Å². The molecule has 0 fully saturated rings. The number of aromatic nitrogens is 1. The van der Waals surface area contributed by atoms with E-state index in [0.29, 0.717) is 5.02 Å². The van der Waals surface area contributed by atoms with E-state index in [2.05, 4.69) is 15.7 Å². The Morgan fingerprint density at radius 3 is 2.82 bits per heavy atom. The molecule has 1 rings (SSSR count). The van der Waals surface area contributed by atoms with Gasteiger partial charge in [-0.15, -0.1) is 4.91 Å². The van der Waals surface area contributed by atoms with Crippen LogP contribution in [0, 0.1) is 4.91 Å². The van der Waals surface area contributed by atoms with Gasteiger partial charge in [-0.3, -0.25) is 0 Å². The fourth-order valence-electron chi connectivity index (χ4n) is 0.540. The summed E-state index contributed by atoms with van der Waals surface area (Å²) in [4.78, 5) is 13.4. The Bertz CT molecular complexity index is 278. The van der Waals surface area contributed by atoms with Crippen LogP contribution in [-0.4, -0.2) is 4.98 Å². The van der Waals surface area contributed by atoms with Crippen LogP contribution in [0.5, 0.6) is 0 Å².